The van der Waals surface area contributed by atoms with Crippen LogP contribution in [0, 0.1) is 17.3 Å². The summed E-state index contributed by atoms with van der Waals surface area (Å²) in [5, 5.41) is 2.72. The quantitative estimate of drug-likeness (QED) is 0.629. The first-order valence-corrected chi connectivity index (χ1v) is 8.55. The maximum absolute atomic E-state index is 2.72. The first-order chi connectivity index (χ1) is 7.23. The van der Waals surface area contributed by atoms with E-state index in [1.165, 1.54) is 44.3 Å². The lowest BCUT2D eigenvalue weighted by Crippen LogP contribution is -2.43. The Hall–Kier alpha value is 0.220. The summed E-state index contributed by atoms with van der Waals surface area (Å²) in [5.74, 6) is 3.39. The smallest absolute Gasteiger partial charge is 0.0119 e. The molecule has 0 bridgehead atoms. The van der Waals surface area contributed by atoms with E-state index >= 15 is 0 Å². The summed E-state index contributed by atoms with van der Waals surface area (Å²) in [4.78, 5) is 0. The fraction of sp³-hybridized carbons (Fsp3) is 0.929. The topological polar surface area (TPSA) is 0 Å². The van der Waals surface area contributed by atoms with Gasteiger partial charge in [-0.25, -0.2) is 0 Å². The van der Waals surface area contributed by atoms with E-state index in [0.29, 0.717) is 10.5 Å². The maximum atomic E-state index is 2.72. The van der Waals surface area contributed by atoms with Crippen LogP contribution < -0.4 is 0 Å². The van der Waals surface area contributed by atoms with Gasteiger partial charge in [0.25, 0.3) is 0 Å². The van der Waals surface area contributed by atoms with Crippen molar-refractivity contribution < 1.29 is 0 Å². The Bertz CT molecular complexity index is 256. The zero-order valence-electron chi connectivity index (χ0n) is 10.6. The fourth-order valence-electron chi connectivity index (χ4n) is 3.86. The molecule has 4 atom stereocenters. The molecule has 0 saturated heterocycles. The molecule has 0 aromatic rings. The van der Waals surface area contributed by atoms with Crippen LogP contribution in [-0.4, -0.2) is 17.4 Å². The molecule has 1 heteroatoms. The molecule has 0 aromatic heterocycles. The van der Waals surface area contributed by atoms with Crippen LogP contribution in [0.5, 0.6) is 0 Å². The Balaban J connectivity index is 2.09. The molecule has 0 aliphatic heterocycles. The Morgan fingerprint density at radius 3 is 2.60 bits per heavy atom. The van der Waals surface area contributed by atoms with Gasteiger partial charge in [-0.2, -0.15) is 10.5 Å². The highest BCUT2D eigenvalue weighted by Crippen LogP contribution is 2.61. The lowest BCUT2D eigenvalue weighted by atomic mass is 9.55. The van der Waals surface area contributed by atoms with E-state index in [4.69, 9.17) is 0 Å². The molecular weight excluding hydrogens is 200 g/mol. The molecule has 0 nitrogen and oxygen atoms in total. The van der Waals surface area contributed by atoms with Crippen LogP contribution in [0.3, 0.4) is 0 Å². The van der Waals surface area contributed by atoms with E-state index in [0.717, 1.165) is 17.3 Å². The molecule has 0 amide bonds. The summed E-state index contributed by atoms with van der Waals surface area (Å²) in [6.45, 7) is 4.73. The lowest BCUT2D eigenvalue weighted by Gasteiger charge is -2.50. The molecule has 2 saturated carbocycles. The van der Waals surface area contributed by atoms with Gasteiger partial charge in [-0.05, 0) is 54.9 Å². The molecule has 1 spiro atoms. The van der Waals surface area contributed by atoms with Crippen molar-refractivity contribution in [1.29, 1.82) is 0 Å². The molecule has 2 rings (SSSR count). The van der Waals surface area contributed by atoms with Crippen molar-refractivity contribution in [1.82, 2.24) is 0 Å². The van der Waals surface area contributed by atoms with Crippen LogP contribution in [0.4, 0.5) is 0 Å². The molecule has 2 aliphatic carbocycles. The van der Waals surface area contributed by atoms with Gasteiger partial charge in [-0.3, -0.25) is 0 Å². The summed E-state index contributed by atoms with van der Waals surface area (Å²) < 4.78 is 0. The average Bonchev–Trinajstić information content (AvgIpc) is 2.69. The molecule has 0 heterocycles. The van der Waals surface area contributed by atoms with Crippen molar-refractivity contribution in [2.45, 2.75) is 52.4 Å². The number of hydrogen-bond donors (Lipinski definition) is 0. The summed E-state index contributed by atoms with van der Waals surface area (Å²) in [6.07, 6.45) is 11.4. The van der Waals surface area contributed by atoms with Gasteiger partial charge in [0.1, 0.15) is 0 Å². The lowest BCUT2D eigenvalue weighted by molar-refractivity contribution is 0.0349. The Morgan fingerprint density at radius 2 is 2.07 bits per heavy atom. The highest BCUT2D eigenvalue weighted by molar-refractivity contribution is 8.14. The fourth-order valence-corrected chi connectivity index (χ4v) is 5.02. The van der Waals surface area contributed by atoms with Gasteiger partial charge in [-0.1, -0.05) is 32.1 Å². The normalized spacial score (nSPS) is 42.1. The molecule has 88 valence electrons. The largest absolute Gasteiger partial charge is 0.193 e. The highest BCUT2D eigenvalue weighted by Gasteiger charge is 2.52. The molecule has 0 aromatic carbocycles. The van der Waals surface area contributed by atoms with Crippen molar-refractivity contribution in [3.63, 3.8) is 0 Å². The van der Waals surface area contributed by atoms with E-state index in [1.54, 1.807) is 0 Å². The minimum Gasteiger partial charge on any atom is -0.193 e. The Kier molecular flexibility index (Phi) is 3.59. The third-order valence-corrected chi connectivity index (χ3v) is 6.72. The predicted molar refractivity (Wildman–Crippen MR) is 72.9 cm³/mol. The molecule has 0 N–H and O–H groups in total. The van der Waals surface area contributed by atoms with E-state index in [1.807, 2.05) is 0 Å². The summed E-state index contributed by atoms with van der Waals surface area (Å²) in [6, 6.07) is 0. The van der Waals surface area contributed by atoms with E-state index in [2.05, 4.69) is 25.5 Å². The van der Waals surface area contributed by atoms with Crippen molar-refractivity contribution in [2.75, 3.05) is 12.0 Å². The second-order valence-corrected chi connectivity index (χ2v) is 7.72. The first kappa shape index (κ1) is 11.7. The molecule has 0 radical (unpaired) electrons. The molecule has 2 aliphatic rings. The van der Waals surface area contributed by atoms with Crippen LogP contribution >= 0.6 is 10.5 Å². The van der Waals surface area contributed by atoms with Crippen LogP contribution in [0.25, 0.3) is 0 Å². The minimum atomic E-state index is 0.580. The van der Waals surface area contributed by atoms with Gasteiger partial charge >= 0.3 is 0 Å². The van der Waals surface area contributed by atoms with E-state index in [-0.39, 0.29) is 0 Å². The van der Waals surface area contributed by atoms with Gasteiger partial charge in [0, 0.05) is 0 Å². The third-order valence-electron chi connectivity index (χ3n) is 5.01. The number of rotatable bonds is 3. The summed E-state index contributed by atoms with van der Waals surface area (Å²) in [5.41, 5.74) is 0.783. The molecule has 2 fully saturated rings. The Labute approximate surface area is 97.8 Å². The second kappa shape index (κ2) is 4.61. The predicted octanol–water partition coefficient (Wildman–Crippen LogP) is 4.31. The third kappa shape index (κ3) is 1.92. The van der Waals surface area contributed by atoms with Gasteiger partial charge < -0.3 is 0 Å². The molecular formula is C14H26S. The summed E-state index contributed by atoms with van der Waals surface area (Å²) in [7, 11) is 0.580. The molecule has 4 unspecified atom stereocenters. The van der Waals surface area contributed by atoms with Crippen molar-refractivity contribution in [3.05, 3.63) is 0 Å². The maximum Gasteiger partial charge on any atom is -0.0119 e. The van der Waals surface area contributed by atoms with Gasteiger partial charge in [0.05, 0.1) is 0 Å². The van der Waals surface area contributed by atoms with Crippen LogP contribution in [0.1, 0.15) is 52.4 Å². The summed E-state index contributed by atoms with van der Waals surface area (Å²) >= 11 is 0. The zero-order valence-corrected chi connectivity index (χ0v) is 11.4. The van der Waals surface area contributed by atoms with Crippen LogP contribution in [0.15, 0.2) is 0 Å². The second-order valence-electron chi connectivity index (χ2n) is 5.49. The SMILES string of the molecule is CCC1CCCC12CCC2/C=S(\C)CC. The van der Waals surface area contributed by atoms with Crippen molar-refractivity contribution in [3.8, 4) is 0 Å². The van der Waals surface area contributed by atoms with E-state index in [9.17, 15) is 0 Å². The van der Waals surface area contributed by atoms with E-state index < -0.39 is 0 Å². The van der Waals surface area contributed by atoms with Crippen molar-refractivity contribution >= 4 is 15.9 Å². The highest BCUT2D eigenvalue weighted by atomic mass is 32.2. The van der Waals surface area contributed by atoms with Crippen molar-refractivity contribution in [2.24, 2.45) is 17.3 Å². The monoisotopic (exact) mass is 226 g/mol. The Morgan fingerprint density at radius 1 is 1.27 bits per heavy atom. The van der Waals surface area contributed by atoms with Crippen LogP contribution in [0.2, 0.25) is 0 Å². The zero-order chi connectivity index (χ0) is 10.9. The number of hydrogen-bond acceptors (Lipinski definition) is 0. The average molecular weight is 226 g/mol. The first-order valence-electron chi connectivity index (χ1n) is 6.69. The minimum absolute atomic E-state index is 0.580. The van der Waals surface area contributed by atoms with Crippen LogP contribution in [-0.2, 0) is 0 Å². The van der Waals surface area contributed by atoms with Gasteiger partial charge in [-0.15, -0.1) is 0 Å². The van der Waals surface area contributed by atoms with Gasteiger partial charge in [0.15, 0.2) is 0 Å². The molecule has 15 heavy (non-hydrogen) atoms. The standard InChI is InChI=1S/C14H26S/c1-4-12-7-6-9-14(12)10-8-13(14)11-15(3)5-2/h11-13H,4-10H2,1-3H3. The van der Waals surface area contributed by atoms with Gasteiger partial charge in [0.2, 0.25) is 0 Å².